The van der Waals surface area contributed by atoms with Gasteiger partial charge in [-0.15, -0.1) is 0 Å². The molecule has 2 nitrogen and oxygen atoms in total. The van der Waals surface area contributed by atoms with E-state index in [1.165, 1.54) is 12.1 Å². The number of nitrogens with one attached hydrogen (secondary N) is 1. The molecule has 0 heterocycles. The molecule has 0 spiro atoms. The van der Waals surface area contributed by atoms with Gasteiger partial charge in [0.15, 0.2) is 0 Å². The molecule has 1 aromatic rings. The van der Waals surface area contributed by atoms with Gasteiger partial charge in [0.2, 0.25) is 5.91 Å². The topological polar surface area (TPSA) is 29.1 Å². The van der Waals surface area contributed by atoms with Crippen molar-refractivity contribution in [2.75, 3.05) is 11.9 Å². The number of carbonyl (C=O) groups excluding carboxylic acids is 1. The van der Waals surface area contributed by atoms with E-state index >= 15 is 0 Å². The molecule has 1 N–H and O–H groups in total. The summed E-state index contributed by atoms with van der Waals surface area (Å²) in [5, 5.41) is 3.58. The first-order valence-corrected chi connectivity index (χ1v) is 5.90. The minimum Gasteiger partial charge on any atom is -0.355 e. The van der Waals surface area contributed by atoms with Crippen LogP contribution in [0.25, 0.3) is 0 Å². The van der Waals surface area contributed by atoms with Crippen LogP contribution in [-0.4, -0.2) is 17.8 Å². The number of hydrogen-bond donors (Lipinski definition) is 1. The maximum Gasteiger partial charge on any atom is 0.224 e. The van der Waals surface area contributed by atoms with E-state index < -0.39 is 5.82 Å². The number of carbonyl (C=O) groups is 1. The normalized spacial score (nSPS) is 10.1. The Hall–Kier alpha value is -0.610. The Bertz CT molecular complexity index is 339. The molecule has 1 amide bonds. The lowest BCUT2D eigenvalue weighted by Crippen LogP contribution is -2.27. The molecular formula is C10H10BrClFNO. The molecule has 0 bridgehead atoms. The van der Waals surface area contributed by atoms with Crippen LogP contribution in [0.15, 0.2) is 18.2 Å². The summed E-state index contributed by atoms with van der Waals surface area (Å²) in [4.78, 5) is 11.3. The predicted molar refractivity (Wildman–Crippen MR) is 61.9 cm³/mol. The molecule has 0 fully saturated rings. The van der Waals surface area contributed by atoms with Gasteiger partial charge in [0, 0.05) is 22.5 Å². The van der Waals surface area contributed by atoms with Gasteiger partial charge in [0.05, 0.1) is 6.42 Å². The second-order valence-electron chi connectivity index (χ2n) is 2.92. The van der Waals surface area contributed by atoms with Crippen LogP contribution in [-0.2, 0) is 11.2 Å². The van der Waals surface area contributed by atoms with Crippen LogP contribution >= 0.6 is 27.5 Å². The Morgan fingerprint density at radius 1 is 1.53 bits per heavy atom. The van der Waals surface area contributed by atoms with Gasteiger partial charge >= 0.3 is 0 Å². The summed E-state index contributed by atoms with van der Waals surface area (Å²) in [5.74, 6) is -0.682. The first-order chi connectivity index (χ1) is 7.15. The maximum absolute atomic E-state index is 13.3. The largest absolute Gasteiger partial charge is 0.355 e. The van der Waals surface area contributed by atoms with Crippen molar-refractivity contribution in [3.8, 4) is 0 Å². The Kier molecular flexibility index (Phi) is 5.05. The summed E-state index contributed by atoms with van der Waals surface area (Å²) in [7, 11) is 0. The van der Waals surface area contributed by atoms with Crippen LogP contribution in [0, 0.1) is 5.82 Å². The van der Waals surface area contributed by atoms with Gasteiger partial charge in [-0.3, -0.25) is 4.79 Å². The molecule has 0 aliphatic carbocycles. The first-order valence-electron chi connectivity index (χ1n) is 4.40. The summed E-state index contributed by atoms with van der Waals surface area (Å²) in [6.45, 7) is 0.519. The van der Waals surface area contributed by atoms with Gasteiger partial charge in [0.1, 0.15) is 5.82 Å². The highest BCUT2D eigenvalue weighted by molar-refractivity contribution is 9.09. The summed E-state index contributed by atoms with van der Waals surface area (Å²) in [6.07, 6.45) is -0.0293. The zero-order chi connectivity index (χ0) is 11.3. The van der Waals surface area contributed by atoms with Gasteiger partial charge < -0.3 is 5.32 Å². The van der Waals surface area contributed by atoms with Crippen LogP contribution < -0.4 is 5.32 Å². The molecule has 0 unspecified atom stereocenters. The van der Waals surface area contributed by atoms with Crippen LogP contribution in [0.4, 0.5) is 4.39 Å². The fourth-order valence-electron chi connectivity index (χ4n) is 1.11. The van der Waals surface area contributed by atoms with Crippen LogP contribution in [0.5, 0.6) is 0 Å². The standard InChI is InChI=1S/C10H10BrClFNO/c11-4-5-14-10(15)6-7-8(12)2-1-3-9(7)13/h1-3H,4-6H2,(H,14,15). The maximum atomic E-state index is 13.3. The summed E-state index contributed by atoms with van der Waals surface area (Å²) in [5.41, 5.74) is 0.242. The highest BCUT2D eigenvalue weighted by Crippen LogP contribution is 2.19. The van der Waals surface area contributed by atoms with Gasteiger partial charge in [-0.25, -0.2) is 4.39 Å². The minimum atomic E-state index is -0.448. The second kappa shape index (κ2) is 6.08. The molecule has 5 heteroatoms. The molecule has 0 saturated carbocycles. The molecule has 0 atom stereocenters. The average Bonchev–Trinajstić information content (AvgIpc) is 2.21. The van der Waals surface area contributed by atoms with Gasteiger partial charge in [-0.1, -0.05) is 33.6 Å². The zero-order valence-electron chi connectivity index (χ0n) is 7.90. The number of benzene rings is 1. The third-order valence-electron chi connectivity index (χ3n) is 1.82. The second-order valence-corrected chi connectivity index (χ2v) is 4.12. The molecule has 0 aromatic heterocycles. The average molecular weight is 295 g/mol. The Morgan fingerprint density at radius 3 is 2.87 bits per heavy atom. The van der Waals surface area contributed by atoms with Crippen LogP contribution in [0.2, 0.25) is 5.02 Å². The molecule has 0 radical (unpaired) electrons. The van der Waals surface area contributed by atoms with Crippen molar-refractivity contribution in [2.24, 2.45) is 0 Å². The third kappa shape index (κ3) is 3.80. The number of alkyl halides is 1. The Balaban J connectivity index is 2.68. The molecule has 0 aliphatic heterocycles. The van der Waals surface area contributed by atoms with Gasteiger partial charge in [-0.05, 0) is 12.1 Å². The lowest BCUT2D eigenvalue weighted by atomic mass is 10.1. The smallest absolute Gasteiger partial charge is 0.224 e. The number of amides is 1. The molecule has 0 saturated heterocycles. The number of halogens is 3. The van der Waals surface area contributed by atoms with E-state index in [9.17, 15) is 9.18 Å². The van der Waals surface area contributed by atoms with E-state index in [2.05, 4.69) is 21.2 Å². The fourth-order valence-corrected chi connectivity index (χ4v) is 1.54. The van der Waals surface area contributed by atoms with Gasteiger partial charge in [0.25, 0.3) is 0 Å². The van der Waals surface area contributed by atoms with Crippen molar-refractivity contribution >= 4 is 33.4 Å². The van der Waals surface area contributed by atoms with Crippen molar-refractivity contribution in [3.63, 3.8) is 0 Å². The molecule has 1 rings (SSSR count). The van der Waals surface area contributed by atoms with E-state index in [0.717, 1.165) is 0 Å². The molecular weight excluding hydrogens is 284 g/mol. The summed E-state index contributed by atoms with van der Waals surface area (Å²) in [6, 6.07) is 4.37. The van der Waals surface area contributed by atoms with Gasteiger partial charge in [-0.2, -0.15) is 0 Å². The highest BCUT2D eigenvalue weighted by Gasteiger charge is 2.10. The van der Waals surface area contributed by atoms with E-state index in [1.807, 2.05) is 0 Å². The highest BCUT2D eigenvalue weighted by atomic mass is 79.9. The van der Waals surface area contributed by atoms with Crippen molar-refractivity contribution in [3.05, 3.63) is 34.6 Å². The fraction of sp³-hybridized carbons (Fsp3) is 0.300. The lowest BCUT2D eigenvalue weighted by molar-refractivity contribution is -0.120. The quantitative estimate of drug-likeness (QED) is 0.850. The van der Waals surface area contributed by atoms with E-state index in [-0.39, 0.29) is 22.9 Å². The molecule has 15 heavy (non-hydrogen) atoms. The van der Waals surface area contributed by atoms with E-state index in [0.29, 0.717) is 11.9 Å². The Labute approximate surface area is 101 Å². The molecule has 82 valence electrons. The van der Waals surface area contributed by atoms with Crippen LogP contribution in [0.3, 0.4) is 0 Å². The zero-order valence-corrected chi connectivity index (χ0v) is 10.2. The van der Waals surface area contributed by atoms with Crippen molar-refractivity contribution in [2.45, 2.75) is 6.42 Å². The van der Waals surface area contributed by atoms with Crippen molar-refractivity contribution < 1.29 is 9.18 Å². The minimum absolute atomic E-state index is 0.0293. The number of rotatable bonds is 4. The Morgan fingerprint density at radius 2 is 2.27 bits per heavy atom. The monoisotopic (exact) mass is 293 g/mol. The molecule has 1 aromatic carbocycles. The van der Waals surface area contributed by atoms with E-state index in [1.54, 1.807) is 6.07 Å². The summed E-state index contributed by atoms with van der Waals surface area (Å²) < 4.78 is 13.3. The van der Waals surface area contributed by atoms with Crippen molar-refractivity contribution in [1.82, 2.24) is 5.32 Å². The van der Waals surface area contributed by atoms with Crippen LogP contribution in [0.1, 0.15) is 5.56 Å². The summed E-state index contributed by atoms with van der Waals surface area (Å²) >= 11 is 8.96. The van der Waals surface area contributed by atoms with E-state index in [4.69, 9.17) is 11.6 Å². The molecule has 0 aliphatic rings. The third-order valence-corrected chi connectivity index (χ3v) is 2.57. The van der Waals surface area contributed by atoms with Crippen molar-refractivity contribution in [1.29, 1.82) is 0 Å². The lowest BCUT2D eigenvalue weighted by Gasteiger charge is -2.06. The predicted octanol–water partition coefficient (Wildman–Crippen LogP) is 2.53. The number of hydrogen-bond acceptors (Lipinski definition) is 1. The SMILES string of the molecule is O=C(Cc1c(F)cccc1Cl)NCCBr. The first kappa shape index (κ1) is 12.5.